The van der Waals surface area contributed by atoms with E-state index < -0.39 is 89.7 Å². The van der Waals surface area contributed by atoms with Gasteiger partial charge in [-0.05, 0) is 70.1 Å². The summed E-state index contributed by atoms with van der Waals surface area (Å²) in [5, 5.41) is 28.5. The smallest absolute Gasteiger partial charge is 0.245 e. The Morgan fingerprint density at radius 3 is 1.52 bits per heavy atom. The molecule has 2 unspecified atom stereocenters. The van der Waals surface area contributed by atoms with Gasteiger partial charge >= 0.3 is 0 Å². The molecule has 19 heteroatoms. The van der Waals surface area contributed by atoms with Crippen LogP contribution in [-0.4, -0.2) is 121 Å². The lowest BCUT2D eigenvalue weighted by Gasteiger charge is -2.28. The van der Waals surface area contributed by atoms with E-state index in [9.17, 15) is 38.7 Å². The van der Waals surface area contributed by atoms with Crippen molar-refractivity contribution in [2.24, 2.45) is 28.9 Å². The van der Waals surface area contributed by atoms with Crippen LogP contribution in [0.2, 0.25) is 0 Å². The van der Waals surface area contributed by atoms with Gasteiger partial charge in [-0.2, -0.15) is 0 Å². The SMILES string of the molecule is CC(C)C[C@@H]1NC(=O)[C@@H](Cc2ccccc2)NC(=O)C(CCN)NC(=O)[C@@H](N)CCNC(=O)[C@H]([C@@H](C)O)NC(=O)[C@H](CCN)NC(=O)C(CCN)NC1=O. The summed E-state index contributed by atoms with van der Waals surface area (Å²) in [6, 6.07) is 0.0502. The molecule has 16 N–H and O–H groups in total. The van der Waals surface area contributed by atoms with E-state index in [0.29, 0.717) is 5.56 Å². The minimum absolute atomic E-state index is 0.00796. The molecule has 0 bridgehead atoms. The molecule has 1 saturated heterocycles. The maximum Gasteiger partial charge on any atom is 0.245 e. The molecule has 1 aliphatic rings. The normalized spacial score (nSPS) is 26.7. The Kier molecular flexibility index (Phi) is 19.5. The van der Waals surface area contributed by atoms with E-state index in [1.807, 2.05) is 13.8 Å². The lowest BCUT2D eigenvalue weighted by molar-refractivity contribution is -0.136. The highest BCUT2D eigenvalue weighted by Gasteiger charge is 2.34. The van der Waals surface area contributed by atoms with Gasteiger partial charge in [-0.3, -0.25) is 33.6 Å². The van der Waals surface area contributed by atoms with Gasteiger partial charge < -0.3 is 65.3 Å². The Bertz CT molecular complexity index is 1410. The summed E-state index contributed by atoms with van der Waals surface area (Å²) in [6.07, 6.45) is -1.43. The summed E-state index contributed by atoms with van der Waals surface area (Å²) in [4.78, 5) is 94.4. The van der Waals surface area contributed by atoms with E-state index in [2.05, 4.69) is 37.2 Å². The molecule has 1 aromatic carbocycles. The van der Waals surface area contributed by atoms with E-state index in [1.54, 1.807) is 30.3 Å². The van der Waals surface area contributed by atoms with Crippen LogP contribution in [0.4, 0.5) is 0 Å². The quantitative estimate of drug-likeness (QED) is 0.102. The van der Waals surface area contributed by atoms with Crippen LogP contribution in [0.1, 0.15) is 58.4 Å². The number of nitrogens with one attached hydrogen (secondary N) is 7. The zero-order chi connectivity index (χ0) is 40.4. The van der Waals surface area contributed by atoms with Crippen LogP contribution in [0.25, 0.3) is 0 Å². The number of aliphatic hydroxyl groups excluding tert-OH is 1. The molecule has 1 fully saturated rings. The molecule has 2 rings (SSSR count). The largest absolute Gasteiger partial charge is 0.391 e. The third-order valence-electron chi connectivity index (χ3n) is 8.67. The number of benzene rings is 1. The van der Waals surface area contributed by atoms with Crippen LogP contribution in [0.5, 0.6) is 0 Å². The highest BCUT2D eigenvalue weighted by atomic mass is 16.3. The second-order valence-corrected chi connectivity index (χ2v) is 13.8. The fourth-order valence-corrected chi connectivity index (χ4v) is 5.69. The first-order chi connectivity index (χ1) is 25.6. The van der Waals surface area contributed by atoms with Crippen LogP contribution >= 0.6 is 0 Å². The van der Waals surface area contributed by atoms with Crippen molar-refractivity contribution in [3.8, 4) is 0 Å². The average molecular weight is 762 g/mol. The molecule has 19 nitrogen and oxygen atoms in total. The van der Waals surface area contributed by atoms with Gasteiger partial charge in [0.2, 0.25) is 41.4 Å². The number of carbonyl (C=O) groups is 7. The summed E-state index contributed by atoms with van der Waals surface area (Å²) >= 11 is 0. The Morgan fingerprint density at radius 1 is 0.611 bits per heavy atom. The van der Waals surface area contributed by atoms with Crippen molar-refractivity contribution >= 4 is 41.4 Å². The van der Waals surface area contributed by atoms with E-state index in [4.69, 9.17) is 22.9 Å². The lowest BCUT2D eigenvalue weighted by Crippen LogP contribution is -2.61. The van der Waals surface area contributed by atoms with E-state index in [-0.39, 0.29) is 70.6 Å². The molecule has 0 saturated carbocycles. The molecule has 1 heterocycles. The Balaban J connectivity index is 2.57. The van der Waals surface area contributed by atoms with Gasteiger partial charge in [0.05, 0.1) is 12.1 Å². The van der Waals surface area contributed by atoms with E-state index in [1.165, 1.54) is 6.92 Å². The van der Waals surface area contributed by atoms with Gasteiger partial charge in [-0.15, -0.1) is 0 Å². The van der Waals surface area contributed by atoms with Crippen molar-refractivity contribution in [2.75, 3.05) is 26.2 Å². The molecule has 0 spiro atoms. The zero-order valence-electron chi connectivity index (χ0n) is 31.3. The second-order valence-electron chi connectivity index (χ2n) is 13.8. The van der Waals surface area contributed by atoms with Crippen LogP contribution in [-0.2, 0) is 40.0 Å². The first-order valence-corrected chi connectivity index (χ1v) is 18.3. The molecule has 1 aliphatic heterocycles. The summed E-state index contributed by atoms with van der Waals surface area (Å²) in [6.45, 7) is 4.70. The van der Waals surface area contributed by atoms with Gasteiger partial charge in [0.1, 0.15) is 36.3 Å². The lowest BCUT2D eigenvalue weighted by atomic mass is 10.00. The van der Waals surface area contributed by atoms with Gasteiger partial charge in [0, 0.05) is 13.0 Å². The highest BCUT2D eigenvalue weighted by Crippen LogP contribution is 2.10. The van der Waals surface area contributed by atoms with Crippen LogP contribution in [0.15, 0.2) is 30.3 Å². The maximum atomic E-state index is 13.9. The number of hydrogen-bond acceptors (Lipinski definition) is 12. The molecule has 1 aromatic rings. The van der Waals surface area contributed by atoms with Crippen LogP contribution < -0.4 is 60.2 Å². The summed E-state index contributed by atoms with van der Waals surface area (Å²) < 4.78 is 0. The Hall–Kier alpha value is -4.69. The van der Waals surface area contributed by atoms with Crippen LogP contribution in [0.3, 0.4) is 0 Å². The summed E-state index contributed by atoms with van der Waals surface area (Å²) in [5.41, 5.74) is 24.1. The average Bonchev–Trinajstić information content (AvgIpc) is 3.11. The summed E-state index contributed by atoms with van der Waals surface area (Å²) in [7, 11) is 0. The molecule has 0 aromatic heterocycles. The topological polar surface area (TPSA) is 328 Å². The number of hydrogen-bond donors (Lipinski definition) is 12. The van der Waals surface area contributed by atoms with Crippen LogP contribution in [0, 0.1) is 5.92 Å². The standard InChI is InChI=1S/C35H59N11O8/c1-19(2)17-26-33(52)43-24(10-14-37)30(49)42-25(11-15-38)32(51)46-28(20(3)47)35(54)40-16-12-22(39)29(48)41-23(9-13-36)31(50)45-27(34(53)44-26)18-21-7-5-4-6-8-21/h4-8,19-20,22-28,47H,9-18,36-39H2,1-3H3,(H,40,54)(H,41,48)(H,42,49)(H,43,52)(H,44,53)(H,45,50)(H,46,51)/t20-,22+,23?,24?,25+,26+,27-,28+/m1/s1. The van der Waals surface area contributed by atoms with Crippen molar-refractivity contribution in [3.63, 3.8) is 0 Å². The third kappa shape index (κ3) is 15.0. The van der Waals surface area contributed by atoms with Crippen molar-refractivity contribution in [1.29, 1.82) is 0 Å². The molecule has 8 atom stereocenters. The predicted molar refractivity (Wildman–Crippen MR) is 199 cm³/mol. The van der Waals surface area contributed by atoms with Gasteiger partial charge in [-0.1, -0.05) is 44.2 Å². The van der Waals surface area contributed by atoms with Crippen molar-refractivity contribution < 1.29 is 38.7 Å². The number of rotatable bonds is 11. The fourth-order valence-electron chi connectivity index (χ4n) is 5.69. The molecular weight excluding hydrogens is 702 g/mol. The molecule has 54 heavy (non-hydrogen) atoms. The predicted octanol–water partition coefficient (Wildman–Crippen LogP) is -4.54. The molecule has 7 amide bonds. The minimum atomic E-state index is -1.47. The first-order valence-electron chi connectivity index (χ1n) is 18.3. The Labute approximate surface area is 315 Å². The number of aliphatic hydroxyl groups is 1. The molecule has 0 aliphatic carbocycles. The fraction of sp³-hybridized carbons (Fsp3) is 0.629. The minimum Gasteiger partial charge on any atom is -0.391 e. The second kappa shape index (κ2) is 23.2. The van der Waals surface area contributed by atoms with Crippen molar-refractivity contribution in [1.82, 2.24) is 37.2 Å². The summed E-state index contributed by atoms with van der Waals surface area (Å²) in [5.74, 6) is -5.41. The number of nitrogens with two attached hydrogens (primary N) is 4. The van der Waals surface area contributed by atoms with E-state index in [0.717, 1.165) is 0 Å². The van der Waals surface area contributed by atoms with Gasteiger partial charge in [0.15, 0.2) is 0 Å². The van der Waals surface area contributed by atoms with Gasteiger partial charge in [-0.25, -0.2) is 0 Å². The number of carbonyl (C=O) groups excluding carboxylic acids is 7. The zero-order valence-corrected chi connectivity index (χ0v) is 31.3. The van der Waals surface area contributed by atoms with Crippen molar-refractivity contribution in [3.05, 3.63) is 35.9 Å². The van der Waals surface area contributed by atoms with Crippen molar-refractivity contribution in [2.45, 2.75) is 108 Å². The first kappa shape index (κ1) is 45.5. The monoisotopic (exact) mass is 761 g/mol. The molecule has 302 valence electrons. The Morgan fingerprint density at radius 2 is 1.04 bits per heavy atom. The maximum absolute atomic E-state index is 13.9. The molecular formula is C35H59N11O8. The number of amides is 7. The third-order valence-corrected chi connectivity index (χ3v) is 8.67. The van der Waals surface area contributed by atoms with E-state index >= 15 is 0 Å². The highest BCUT2D eigenvalue weighted by molar-refractivity contribution is 5.97. The molecule has 0 radical (unpaired) electrons. The van der Waals surface area contributed by atoms with Gasteiger partial charge in [0.25, 0.3) is 0 Å².